The fraction of sp³-hybridized carbons (Fsp3) is 0.400. The Kier molecular flexibility index (Phi) is 3.98. The van der Waals surface area contributed by atoms with Crippen molar-refractivity contribution < 1.29 is 8.78 Å². The zero-order valence-electron chi connectivity index (χ0n) is 7.84. The molecule has 14 heavy (non-hydrogen) atoms. The van der Waals surface area contributed by atoms with Gasteiger partial charge in [0, 0.05) is 17.7 Å². The Hall–Kier alpha value is -1.00. The third kappa shape index (κ3) is 2.75. The van der Waals surface area contributed by atoms with Crippen LogP contribution >= 0.6 is 0 Å². The van der Waals surface area contributed by atoms with Gasteiger partial charge >= 0.3 is 0 Å². The Labute approximate surface area is 81.9 Å². The topological polar surface area (TPSA) is 52.0 Å². The second-order valence-corrected chi connectivity index (χ2v) is 3.20. The van der Waals surface area contributed by atoms with E-state index in [1.807, 2.05) is 0 Å². The van der Waals surface area contributed by atoms with Crippen LogP contribution in [0.1, 0.15) is 24.4 Å². The maximum atomic E-state index is 13.2. The summed E-state index contributed by atoms with van der Waals surface area (Å²) in [4.78, 5) is 0. The zero-order valence-corrected chi connectivity index (χ0v) is 7.84. The third-order valence-corrected chi connectivity index (χ3v) is 2.08. The van der Waals surface area contributed by atoms with Gasteiger partial charge in [-0.2, -0.15) is 0 Å². The molecule has 2 nitrogen and oxygen atoms in total. The minimum absolute atomic E-state index is 0.347. The lowest BCUT2D eigenvalue weighted by molar-refractivity contribution is 0.537. The van der Waals surface area contributed by atoms with E-state index < -0.39 is 17.7 Å². The molecule has 0 radical (unpaired) electrons. The van der Waals surface area contributed by atoms with Crippen LogP contribution in [0.2, 0.25) is 0 Å². The highest BCUT2D eigenvalue weighted by atomic mass is 19.1. The quantitative estimate of drug-likeness (QED) is 0.777. The molecule has 0 saturated carbocycles. The Morgan fingerprint density at radius 1 is 1.29 bits per heavy atom. The van der Waals surface area contributed by atoms with Crippen molar-refractivity contribution in [1.82, 2.24) is 0 Å². The lowest BCUT2D eigenvalue weighted by Gasteiger charge is -2.11. The Balaban J connectivity index is 2.74. The van der Waals surface area contributed by atoms with Gasteiger partial charge in [-0.1, -0.05) is 6.07 Å². The molecule has 4 N–H and O–H groups in total. The Morgan fingerprint density at radius 2 is 2.00 bits per heavy atom. The van der Waals surface area contributed by atoms with E-state index in [0.29, 0.717) is 18.5 Å². The molecule has 0 fully saturated rings. The molecule has 0 bridgehead atoms. The van der Waals surface area contributed by atoms with Gasteiger partial charge in [-0.05, 0) is 25.5 Å². The molecule has 4 heteroatoms. The molecular formula is C10H14F2N2. The SMILES string of the molecule is NCCCC(N)c1ccc(F)cc1F. The van der Waals surface area contributed by atoms with Gasteiger partial charge < -0.3 is 11.5 Å². The third-order valence-electron chi connectivity index (χ3n) is 2.08. The van der Waals surface area contributed by atoms with Gasteiger partial charge in [0.1, 0.15) is 11.6 Å². The predicted octanol–water partition coefficient (Wildman–Crippen LogP) is 1.70. The average Bonchev–Trinajstić information content (AvgIpc) is 2.14. The second kappa shape index (κ2) is 5.02. The van der Waals surface area contributed by atoms with Crippen LogP contribution in [0.4, 0.5) is 8.78 Å². The molecule has 0 aliphatic rings. The van der Waals surface area contributed by atoms with Crippen LogP contribution in [0.5, 0.6) is 0 Å². The fourth-order valence-corrected chi connectivity index (χ4v) is 1.30. The number of rotatable bonds is 4. The van der Waals surface area contributed by atoms with E-state index in [9.17, 15) is 8.78 Å². The van der Waals surface area contributed by atoms with E-state index in [-0.39, 0.29) is 0 Å². The monoisotopic (exact) mass is 200 g/mol. The van der Waals surface area contributed by atoms with Crippen molar-refractivity contribution in [3.05, 3.63) is 35.4 Å². The van der Waals surface area contributed by atoms with Gasteiger partial charge in [0.2, 0.25) is 0 Å². The molecule has 0 amide bonds. The first-order valence-electron chi connectivity index (χ1n) is 4.55. The Bertz CT molecular complexity index is 302. The van der Waals surface area contributed by atoms with Crippen molar-refractivity contribution in [1.29, 1.82) is 0 Å². The molecule has 0 aliphatic carbocycles. The highest BCUT2D eigenvalue weighted by Gasteiger charge is 2.11. The molecule has 0 heterocycles. The zero-order chi connectivity index (χ0) is 10.6. The number of hydrogen-bond donors (Lipinski definition) is 2. The molecule has 0 spiro atoms. The van der Waals surface area contributed by atoms with Crippen LogP contribution in [-0.2, 0) is 0 Å². The van der Waals surface area contributed by atoms with Gasteiger partial charge in [0.05, 0.1) is 0 Å². The minimum atomic E-state index is -0.588. The molecule has 0 aromatic heterocycles. The molecule has 1 aromatic rings. The molecule has 0 aliphatic heterocycles. The average molecular weight is 200 g/mol. The first-order valence-corrected chi connectivity index (χ1v) is 4.55. The number of hydrogen-bond acceptors (Lipinski definition) is 2. The van der Waals surface area contributed by atoms with Crippen molar-refractivity contribution in [2.24, 2.45) is 11.5 Å². The maximum Gasteiger partial charge on any atom is 0.130 e. The summed E-state index contributed by atoms with van der Waals surface area (Å²) in [5, 5.41) is 0. The summed E-state index contributed by atoms with van der Waals surface area (Å²) >= 11 is 0. The number of nitrogens with two attached hydrogens (primary N) is 2. The van der Waals surface area contributed by atoms with Crippen LogP contribution in [0.25, 0.3) is 0 Å². The van der Waals surface area contributed by atoms with E-state index in [2.05, 4.69) is 0 Å². The highest BCUT2D eigenvalue weighted by molar-refractivity contribution is 5.21. The maximum absolute atomic E-state index is 13.2. The van der Waals surface area contributed by atoms with E-state index in [0.717, 1.165) is 12.5 Å². The molecule has 78 valence electrons. The van der Waals surface area contributed by atoms with Crippen LogP contribution < -0.4 is 11.5 Å². The van der Waals surface area contributed by atoms with Crippen molar-refractivity contribution in [3.8, 4) is 0 Å². The van der Waals surface area contributed by atoms with Gasteiger partial charge in [-0.3, -0.25) is 0 Å². The molecule has 1 aromatic carbocycles. The predicted molar refractivity (Wildman–Crippen MR) is 51.6 cm³/mol. The van der Waals surface area contributed by atoms with E-state index in [1.54, 1.807) is 0 Å². The highest BCUT2D eigenvalue weighted by Crippen LogP contribution is 2.19. The Morgan fingerprint density at radius 3 is 2.57 bits per heavy atom. The summed E-state index contributed by atoms with van der Waals surface area (Å²) in [5.41, 5.74) is 11.4. The van der Waals surface area contributed by atoms with E-state index in [1.165, 1.54) is 12.1 Å². The molecule has 1 atom stereocenters. The van der Waals surface area contributed by atoms with Crippen LogP contribution in [0, 0.1) is 11.6 Å². The largest absolute Gasteiger partial charge is 0.330 e. The van der Waals surface area contributed by atoms with Crippen LogP contribution in [0.3, 0.4) is 0 Å². The first kappa shape index (κ1) is 11.1. The van der Waals surface area contributed by atoms with Crippen LogP contribution in [0.15, 0.2) is 18.2 Å². The lowest BCUT2D eigenvalue weighted by Crippen LogP contribution is -2.14. The van der Waals surface area contributed by atoms with E-state index in [4.69, 9.17) is 11.5 Å². The summed E-state index contributed by atoms with van der Waals surface area (Å²) in [6.07, 6.45) is 1.34. The summed E-state index contributed by atoms with van der Waals surface area (Å²) in [7, 11) is 0. The molecule has 1 unspecified atom stereocenters. The second-order valence-electron chi connectivity index (χ2n) is 3.20. The van der Waals surface area contributed by atoms with E-state index >= 15 is 0 Å². The van der Waals surface area contributed by atoms with Crippen LogP contribution in [-0.4, -0.2) is 6.54 Å². The summed E-state index contributed by atoms with van der Waals surface area (Å²) in [6, 6.07) is 3.03. The molecule has 0 saturated heterocycles. The van der Waals surface area contributed by atoms with Gasteiger partial charge in [-0.15, -0.1) is 0 Å². The lowest BCUT2D eigenvalue weighted by atomic mass is 10.0. The van der Waals surface area contributed by atoms with Crippen molar-refractivity contribution >= 4 is 0 Å². The van der Waals surface area contributed by atoms with Gasteiger partial charge in [0.25, 0.3) is 0 Å². The normalized spacial score (nSPS) is 12.9. The smallest absolute Gasteiger partial charge is 0.130 e. The van der Waals surface area contributed by atoms with Gasteiger partial charge in [0.15, 0.2) is 0 Å². The van der Waals surface area contributed by atoms with Crippen molar-refractivity contribution in [2.45, 2.75) is 18.9 Å². The summed E-state index contributed by atoms with van der Waals surface area (Å²) in [5.74, 6) is -1.17. The number of benzene rings is 1. The van der Waals surface area contributed by atoms with Crippen molar-refractivity contribution in [2.75, 3.05) is 6.54 Å². The first-order chi connectivity index (χ1) is 6.65. The van der Waals surface area contributed by atoms with Crippen molar-refractivity contribution in [3.63, 3.8) is 0 Å². The van der Waals surface area contributed by atoms with Gasteiger partial charge in [-0.25, -0.2) is 8.78 Å². The fourth-order valence-electron chi connectivity index (χ4n) is 1.30. The minimum Gasteiger partial charge on any atom is -0.330 e. The summed E-state index contributed by atoms with van der Waals surface area (Å²) in [6.45, 7) is 0.524. The summed E-state index contributed by atoms with van der Waals surface area (Å²) < 4.78 is 25.7. The molecular weight excluding hydrogens is 186 g/mol. The number of halogens is 2. The molecule has 1 rings (SSSR count). The standard InChI is InChI=1S/C10H14F2N2/c11-7-3-4-8(9(12)6-7)10(14)2-1-5-13/h3-4,6,10H,1-2,5,13-14H2.